The first kappa shape index (κ1) is 71.1. The monoisotopic (exact) mass is 1290 g/mol. The van der Waals surface area contributed by atoms with E-state index in [0.29, 0.717) is 23.0 Å². The zero-order valence-electron chi connectivity index (χ0n) is 56.2. The average Bonchev–Trinajstić information content (AvgIpc) is 1.64. The molecule has 6 heterocycles. The number of aryl methyl sites for hydroxylation is 5. The molecule has 90 heavy (non-hydrogen) atoms. The van der Waals surface area contributed by atoms with E-state index < -0.39 is 11.9 Å². The van der Waals surface area contributed by atoms with Crippen LogP contribution >= 0.6 is 45.3 Å². The van der Waals surface area contributed by atoms with E-state index in [1.807, 2.05) is 40.1 Å². The summed E-state index contributed by atoms with van der Waals surface area (Å²) in [6, 6.07) is 31.4. The van der Waals surface area contributed by atoms with Crippen LogP contribution in [-0.2, 0) is 44.7 Å². The van der Waals surface area contributed by atoms with E-state index in [2.05, 4.69) is 113 Å². The van der Waals surface area contributed by atoms with Crippen LogP contribution in [0.25, 0.3) is 34.8 Å². The number of fused-ring (bicyclic) bond motifs is 1. The summed E-state index contributed by atoms with van der Waals surface area (Å²) in [5.74, 6) is 2.71. The maximum atomic E-state index is 13.4. The highest BCUT2D eigenvalue weighted by atomic mass is 32.1. The van der Waals surface area contributed by atoms with E-state index in [1.54, 1.807) is 18.3 Å². The molecule has 2 unspecified atom stereocenters. The van der Waals surface area contributed by atoms with Crippen molar-refractivity contribution < 1.29 is 28.5 Å². The summed E-state index contributed by atoms with van der Waals surface area (Å²) in [6.07, 6.45) is 46.3. The lowest BCUT2D eigenvalue weighted by Crippen LogP contribution is -2.12. The third-order valence-electron chi connectivity index (χ3n) is 18.6. The van der Waals surface area contributed by atoms with E-state index in [0.717, 1.165) is 60.2 Å². The molecule has 0 spiro atoms. The minimum absolute atomic E-state index is 0.241. The first-order chi connectivity index (χ1) is 44.1. The number of rotatable bonds is 48. The van der Waals surface area contributed by atoms with Crippen molar-refractivity contribution in [3.63, 3.8) is 0 Å². The first-order valence-corrected chi connectivity index (χ1v) is 39.2. The van der Waals surface area contributed by atoms with E-state index in [1.165, 1.54) is 257 Å². The van der Waals surface area contributed by atoms with Crippen molar-refractivity contribution in [3.8, 4) is 40.8 Å². The molecule has 6 nitrogen and oxygen atoms in total. The van der Waals surface area contributed by atoms with Crippen molar-refractivity contribution in [2.75, 3.05) is 13.2 Å². The number of hydrogen-bond donors (Lipinski definition) is 0. The highest BCUT2D eigenvalue weighted by Gasteiger charge is 2.42. The highest BCUT2D eigenvalue weighted by molar-refractivity contribution is 7.29. The molecular weight excluding hydrogens is 1190 g/mol. The molecule has 4 aromatic heterocycles. The number of carbonyl (C=O) groups excluding carboxylic acids is 2. The van der Waals surface area contributed by atoms with Gasteiger partial charge in [-0.05, 0) is 160 Å². The number of carbonyl (C=O) groups is 2. The zero-order valence-corrected chi connectivity index (χ0v) is 59.5. The summed E-state index contributed by atoms with van der Waals surface area (Å²) in [5, 5.41) is 0. The lowest BCUT2D eigenvalue weighted by Gasteiger charge is -2.18. The molecule has 8 rings (SSSR count). The SMILES string of the molecule is CCCCCCCCCCC(CCCCCCCC)COc1cccc(CCc2cc(-c3cc(CCc4cccc(OCC(CCCCCCCC)CCCCCCCCCC)c4)c(-c4ccc(C5=C6OC(=O)C(C)=C6OC5=O)s4)s3)sc2-c2ccc(C)s2)c1. The molecule has 490 valence electrons. The first-order valence-electron chi connectivity index (χ1n) is 35.9. The van der Waals surface area contributed by atoms with Gasteiger partial charge in [0.1, 0.15) is 17.1 Å². The Labute approximate surface area is 560 Å². The molecule has 0 fully saturated rings. The van der Waals surface area contributed by atoms with Crippen molar-refractivity contribution in [1.82, 2.24) is 0 Å². The molecule has 2 atom stereocenters. The van der Waals surface area contributed by atoms with E-state index >= 15 is 0 Å². The van der Waals surface area contributed by atoms with E-state index in [4.69, 9.17) is 18.9 Å². The molecule has 2 aromatic carbocycles. The minimum Gasteiger partial charge on any atom is -0.493 e. The van der Waals surface area contributed by atoms with Crippen LogP contribution in [0, 0.1) is 18.8 Å². The number of ether oxygens (including phenoxy) is 4. The fraction of sp³-hybridized carbons (Fsp3) is 0.575. The number of unbranched alkanes of at least 4 members (excludes halogenated alkanes) is 24. The number of thiophene rings is 4. The Morgan fingerprint density at radius 2 is 0.767 bits per heavy atom. The van der Waals surface area contributed by atoms with Gasteiger partial charge < -0.3 is 18.9 Å². The zero-order chi connectivity index (χ0) is 63.1. The molecule has 2 aliphatic rings. The normalized spacial score (nSPS) is 13.8. The number of hydrogen-bond acceptors (Lipinski definition) is 10. The Morgan fingerprint density at radius 1 is 0.378 bits per heavy atom. The van der Waals surface area contributed by atoms with Crippen molar-refractivity contribution in [2.24, 2.45) is 11.8 Å². The predicted octanol–water partition coefficient (Wildman–Crippen LogP) is 25.5. The minimum atomic E-state index is -0.477. The van der Waals surface area contributed by atoms with Crippen LogP contribution < -0.4 is 9.47 Å². The standard InChI is InChI=1S/C80H110O6S4/c1-7-11-15-19-23-25-29-33-39-63(37-31-27-21-17-13-9-3)57-83-67-43-35-41-61(53-67)46-48-65-55-72(89-77(65)70-50-45-59(5)87-70)73-56-66(78(90-73)71-52-51-69(88-71)74-76-75(85-80(74)82)60(6)79(81)86-76)49-47-62-42-36-44-68(54-62)84-58-64(38-32-28-22-18-14-10-4)40-34-30-26-24-20-16-12-8-2/h35-36,41-45,50-56,63-64H,7-34,37-40,46-49,57-58H2,1-6H3. The van der Waals surface area contributed by atoms with Gasteiger partial charge >= 0.3 is 11.9 Å². The molecule has 2 aliphatic heterocycles. The summed E-state index contributed by atoms with van der Waals surface area (Å²) >= 11 is 7.19. The molecule has 0 amide bonds. The van der Waals surface area contributed by atoms with E-state index in [9.17, 15) is 9.59 Å². The van der Waals surface area contributed by atoms with E-state index in [-0.39, 0.29) is 11.5 Å². The predicted molar refractivity (Wildman–Crippen MR) is 387 cm³/mol. The van der Waals surface area contributed by atoms with Crippen LogP contribution in [0.5, 0.6) is 11.5 Å². The molecule has 0 aliphatic carbocycles. The summed E-state index contributed by atoms with van der Waals surface area (Å²) in [4.78, 5) is 35.6. The topological polar surface area (TPSA) is 71.1 Å². The van der Waals surface area contributed by atoms with Crippen molar-refractivity contribution in [1.29, 1.82) is 0 Å². The molecule has 0 saturated carbocycles. The van der Waals surface area contributed by atoms with Gasteiger partial charge in [0.15, 0.2) is 11.5 Å². The molecule has 0 N–H and O–H groups in total. The van der Waals surface area contributed by atoms with Gasteiger partial charge in [-0.3, -0.25) is 0 Å². The van der Waals surface area contributed by atoms with Crippen molar-refractivity contribution in [3.05, 3.63) is 134 Å². The lowest BCUT2D eigenvalue weighted by molar-refractivity contribution is -0.133. The molecule has 10 heteroatoms. The van der Waals surface area contributed by atoms with Crippen LogP contribution in [0.15, 0.2) is 102 Å². The number of benzene rings is 2. The lowest BCUT2D eigenvalue weighted by atomic mass is 9.94. The van der Waals surface area contributed by atoms with Crippen molar-refractivity contribution >= 4 is 62.9 Å². The smallest absolute Gasteiger partial charge is 0.349 e. The maximum Gasteiger partial charge on any atom is 0.349 e. The second-order valence-electron chi connectivity index (χ2n) is 26.2. The largest absolute Gasteiger partial charge is 0.493 e. The average molecular weight is 1300 g/mol. The second kappa shape index (κ2) is 39.7. The summed E-state index contributed by atoms with van der Waals surface area (Å²) in [6.45, 7) is 14.6. The van der Waals surface area contributed by atoms with Gasteiger partial charge in [0.2, 0.25) is 0 Å². The number of esters is 2. The van der Waals surface area contributed by atoms with Gasteiger partial charge in [0, 0.05) is 39.0 Å². The molecule has 6 aromatic rings. The van der Waals surface area contributed by atoms with Gasteiger partial charge in [0.25, 0.3) is 0 Å². The molecule has 0 saturated heterocycles. The Balaban J connectivity index is 0.983. The van der Waals surface area contributed by atoms with Crippen LogP contribution in [0.3, 0.4) is 0 Å². The van der Waals surface area contributed by atoms with Gasteiger partial charge in [-0.15, -0.1) is 45.3 Å². The second-order valence-corrected chi connectivity index (χ2v) is 30.7. The van der Waals surface area contributed by atoms with Gasteiger partial charge in [-0.2, -0.15) is 0 Å². The quantitative estimate of drug-likeness (QED) is 0.0280. The molecular formula is C80H110O6S4. The molecule has 0 bridgehead atoms. The third kappa shape index (κ3) is 22.8. The van der Waals surface area contributed by atoms with Crippen LogP contribution in [0.4, 0.5) is 0 Å². The molecule has 0 radical (unpaired) electrons. The third-order valence-corrected chi connectivity index (χ3v) is 23.6. The summed E-state index contributed by atoms with van der Waals surface area (Å²) in [5.41, 5.74) is 5.89. The van der Waals surface area contributed by atoms with Gasteiger partial charge in [0.05, 0.1) is 18.8 Å². The fourth-order valence-electron chi connectivity index (χ4n) is 13.0. The Hall–Kier alpha value is -4.74. The fourth-order valence-corrected chi connectivity index (χ4v) is 17.7. The Morgan fingerprint density at radius 3 is 1.19 bits per heavy atom. The van der Waals surface area contributed by atoms with Crippen molar-refractivity contribution in [2.45, 2.75) is 273 Å². The Kier molecular flexibility index (Phi) is 31.4. The maximum absolute atomic E-state index is 13.4. The summed E-state index contributed by atoms with van der Waals surface area (Å²) < 4.78 is 24.7. The highest BCUT2D eigenvalue weighted by Crippen LogP contribution is 2.49. The van der Waals surface area contributed by atoms with Gasteiger partial charge in [-0.25, -0.2) is 9.59 Å². The summed E-state index contributed by atoms with van der Waals surface area (Å²) in [7, 11) is 0. The van der Waals surface area contributed by atoms with Crippen LogP contribution in [0.1, 0.15) is 272 Å². The van der Waals surface area contributed by atoms with Gasteiger partial charge in [-0.1, -0.05) is 232 Å². The van der Waals surface area contributed by atoms with Crippen LogP contribution in [0.2, 0.25) is 0 Å². The van der Waals surface area contributed by atoms with Crippen LogP contribution in [-0.4, -0.2) is 25.2 Å². The Bertz CT molecular complexity index is 3140.